The molecule has 0 aromatic heterocycles. The van der Waals surface area contributed by atoms with Crippen LogP contribution >= 0.6 is 0 Å². The molecular weight excluding hydrogens is 354 g/mol. The molecule has 28 heavy (non-hydrogen) atoms. The van der Waals surface area contributed by atoms with Crippen LogP contribution in [0.5, 0.6) is 5.75 Å². The Morgan fingerprint density at radius 2 is 1.71 bits per heavy atom. The van der Waals surface area contributed by atoms with Crippen LogP contribution < -0.4 is 10.6 Å². The summed E-state index contributed by atoms with van der Waals surface area (Å²) in [5.41, 5.74) is 1.51. The van der Waals surface area contributed by atoms with Crippen LogP contribution in [0.2, 0.25) is 0 Å². The largest absolute Gasteiger partial charge is 0.506 e. The van der Waals surface area contributed by atoms with Gasteiger partial charge in [0.2, 0.25) is 11.8 Å². The number of hydrogen-bond acceptors (Lipinski definition) is 4. The summed E-state index contributed by atoms with van der Waals surface area (Å²) in [6.07, 6.45) is 1.38. The van der Waals surface area contributed by atoms with E-state index in [-0.39, 0.29) is 29.5 Å². The summed E-state index contributed by atoms with van der Waals surface area (Å²) in [7, 11) is 0. The van der Waals surface area contributed by atoms with Crippen molar-refractivity contribution in [2.75, 3.05) is 18.4 Å². The number of amides is 2. The molecule has 3 rings (SSSR count). The van der Waals surface area contributed by atoms with E-state index < -0.39 is 0 Å². The van der Waals surface area contributed by atoms with Gasteiger partial charge in [-0.2, -0.15) is 0 Å². The van der Waals surface area contributed by atoms with Crippen molar-refractivity contribution in [3.05, 3.63) is 60.2 Å². The normalized spacial score (nSPS) is 16.3. The van der Waals surface area contributed by atoms with E-state index in [0.717, 1.165) is 5.56 Å². The molecule has 1 aliphatic heterocycles. The molecule has 3 N–H and O–H groups in total. The second kappa shape index (κ2) is 9.37. The summed E-state index contributed by atoms with van der Waals surface area (Å²) in [6.45, 7) is 3.81. The molecule has 2 aromatic rings. The maximum Gasteiger partial charge on any atom is 0.237 e. The first-order valence-electron chi connectivity index (χ1n) is 9.69. The number of hydrogen-bond donors (Lipinski definition) is 3. The van der Waals surface area contributed by atoms with Crippen molar-refractivity contribution in [3.8, 4) is 5.75 Å². The molecular formula is C22H27N3O3. The minimum absolute atomic E-state index is 0.000891. The van der Waals surface area contributed by atoms with Gasteiger partial charge in [0, 0.05) is 12.5 Å². The number of anilines is 1. The lowest BCUT2D eigenvalue weighted by molar-refractivity contribution is -0.127. The second-order valence-corrected chi connectivity index (χ2v) is 7.20. The molecule has 1 saturated heterocycles. The highest BCUT2D eigenvalue weighted by molar-refractivity contribution is 5.94. The minimum atomic E-state index is -0.231. The number of phenolic OH excluding ortho intramolecular Hbond substituents is 1. The van der Waals surface area contributed by atoms with Gasteiger partial charge >= 0.3 is 0 Å². The molecule has 2 amide bonds. The highest BCUT2D eigenvalue weighted by atomic mass is 16.3. The van der Waals surface area contributed by atoms with Gasteiger partial charge in [0.1, 0.15) is 5.75 Å². The van der Waals surface area contributed by atoms with Gasteiger partial charge in [-0.25, -0.2) is 0 Å². The van der Waals surface area contributed by atoms with E-state index in [1.165, 1.54) is 0 Å². The fourth-order valence-corrected chi connectivity index (χ4v) is 3.46. The molecule has 0 spiro atoms. The Balaban J connectivity index is 1.45. The van der Waals surface area contributed by atoms with Crippen molar-refractivity contribution in [3.63, 3.8) is 0 Å². The Hall–Kier alpha value is -2.86. The molecule has 2 aromatic carbocycles. The monoisotopic (exact) mass is 381 g/mol. The van der Waals surface area contributed by atoms with Crippen LogP contribution in [0.3, 0.4) is 0 Å². The number of piperidine rings is 1. The van der Waals surface area contributed by atoms with Crippen molar-refractivity contribution >= 4 is 17.5 Å². The van der Waals surface area contributed by atoms with Crippen LogP contribution in [-0.2, 0) is 16.1 Å². The minimum Gasteiger partial charge on any atom is -0.506 e. The Morgan fingerprint density at radius 3 is 2.39 bits per heavy atom. The highest BCUT2D eigenvalue weighted by Gasteiger charge is 2.29. The van der Waals surface area contributed by atoms with Gasteiger partial charge in [-0.05, 0) is 50.6 Å². The summed E-state index contributed by atoms with van der Waals surface area (Å²) in [6, 6.07) is 16.3. The molecule has 0 bridgehead atoms. The molecule has 1 aliphatic rings. The van der Waals surface area contributed by atoms with Crippen LogP contribution in [0.1, 0.15) is 25.3 Å². The van der Waals surface area contributed by atoms with Gasteiger partial charge in [-0.15, -0.1) is 0 Å². The smallest absolute Gasteiger partial charge is 0.237 e. The van der Waals surface area contributed by atoms with Crippen LogP contribution in [0.4, 0.5) is 5.69 Å². The molecule has 1 heterocycles. The van der Waals surface area contributed by atoms with E-state index in [0.29, 0.717) is 38.2 Å². The lowest BCUT2D eigenvalue weighted by Gasteiger charge is -2.34. The third-order valence-corrected chi connectivity index (χ3v) is 5.30. The number of phenols is 1. The zero-order chi connectivity index (χ0) is 19.9. The predicted molar refractivity (Wildman–Crippen MR) is 109 cm³/mol. The van der Waals surface area contributed by atoms with E-state index in [4.69, 9.17) is 0 Å². The zero-order valence-electron chi connectivity index (χ0n) is 16.1. The van der Waals surface area contributed by atoms with Crippen LogP contribution in [0, 0.1) is 5.92 Å². The Labute approximate surface area is 165 Å². The highest BCUT2D eigenvalue weighted by Crippen LogP contribution is 2.25. The van der Waals surface area contributed by atoms with E-state index in [1.807, 2.05) is 37.3 Å². The molecule has 6 nitrogen and oxygen atoms in total. The van der Waals surface area contributed by atoms with Crippen molar-refractivity contribution in [1.82, 2.24) is 10.2 Å². The lowest BCUT2D eigenvalue weighted by atomic mass is 9.94. The first-order valence-corrected chi connectivity index (χ1v) is 9.69. The molecule has 1 unspecified atom stereocenters. The number of benzene rings is 2. The number of aromatic hydroxyl groups is 1. The molecule has 0 saturated carbocycles. The Morgan fingerprint density at radius 1 is 1.07 bits per heavy atom. The fourth-order valence-electron chi connectivity index (χ4n) is 3.46. The first-order chi connectivity index (χ1) is 13.5. The number of para-hydroxylation sites is 2. The van der Waals surface area contributed by atoms with Crippen molar-refractivity contribution in [1.29, 1.82) is 0 Å². The number of nitrogens with one attached hydrogen (secondary N) is 2. The van der Waals surface area contributed by atoms with E-state index in [9.17, 15) is 14.7 Å². The van der Waals surface area contributed by atoms with Gasteiger partial charge in [0.15, 0.2) is 0 Å². The van der Waals surface area contributed by atoms with Gasteiger partial charge in [0.05, 0.1) is 11.7 Å². The topological polar surface area (TPSA) is 81.7 Å². The second-order valence-electron chi connectivity index (χ2n) is 7.20. The molecule has 0 aliphatic carbocycles. The number of carbonyl (C=O) groups excluding carboxylic acids is 2. The quantitative estimate of drug-likeness (QED) is 0.672. The molecule has 0 radical (unpaired) electrons. The van der Waals surface area contributed by atoms with Crippen molar-refractivity contribution in [2.24, 2.45) is 5.92 Å². The van der Waals surface area contributed by atoms with Crippen LogP contribution in [0.25, 0.3) is 0 Å². The maximum absolute atomic E-state index is 12.5. The summed E-state index contributed by atoms with van der Waals surface area (Å²) in [5, 5.41) is 15.6. The molecule has 6 heteroatoms. The van der Waals surface area contributed by atoms with Crippen LogP contribution in [-0.4, -0.2) is 41.0 Å². The zero-order valence-corrected chi connectivity index (χ0v) is 16.1. The van der Waals surface area contributed by atoms with Gasteiger partial charge in [-0.3, -0.25) is 14.5 Å². The first kappa shape index (κ1) is 19.9. The maximum atomic E-state index is 12.5. The predicted octanol–water partition coefficient (Wildman–Crippen LogP) is 2.75. The van der Waals surface area contributed by atoms with Crippen LogP contribution in [0.15, 0.2) is 54.6 Å². The molecule has 148 valence electrons. The third kappa shape index (κ3) is 5.10. The molecule has 1 atom stereocenters. The fraction of sp³-hybridized carbons (Fsp3) is 0.364. The van der Waals surface area contributed by atoms with Crippen molar-refractivity contribution in [2.45, 2.75) is 32.4 Å². The summed E-state index contributed by atoms with van der Waals surface area (Å²) >= 11 is 0. The van der Waals surface area contributed by atoms with E-state index in [2.05, 4.69) is 15.5 Å². The van der Waals surface area contributed by atoms with E-state index in [1.54, 1.807) is 24.3 Å². The number of rotatable bonds is 6. The Kier molecular flexibility index (Phi) is 6.66. The number of likely N-dealkylation sites (tertiary alicyclic amines) is 1. The summed E-state index contributed by atoms with van der Waals surface area (Å²) in [4.78, 5) is 27.0. The number of carbonyl (C=O) groups is 2. The van der Waals surface area contributed by atoms with Gasteiger partial charge in [0.25, 0.3) is 0 Å². The standard InChI is InChI=1S/C22H27N3O3/c1-16(21(27)23-15-17-7-3-2-4-8-17)25-13-11-18(12-14-25)22(28)24-19-9-5-6-10-20(19)26/h2-10,16,18,26H,11-15H2,1H3,(H,23,27)(H,24,28). The average Bonchev–Trinajstić information content (AvgIpc) is 2.74. The average molecular weight is 381 g/mol. The number of nitrogens with zero attached hydrogens (tertiary/aromatic N) is 1. The van der Waals surface area contributed by atoms with E-state index >= 15 is 0 Å². The summed E-state index contributed by atoms with van der Waals surface area (Å²) in [5.74, 6) is -0.129. The Bertz CT molecular complexity index is 802. The SMILES string of the molecule is CC(C(=O)NCc1ccccc1)N1CCC(C(=O)Nc2ccccc2O)CC1. The van der Waals surface area contributed by atoms with Crippen molar-refractivity contribution < 1.29 is 14.7 Å². The van der Waals surface area contributed by atoms with Gasteiger partial charge in [-0.1, -0.05) is 42.5 Å². The van der Waals surface area contributed by atoms with Gasteiger partial charge < -0.3 is 15.7 Å². The summed E-state index contributed by atoms with van der Waals surface area (Å²) < 4.78 is 0. The lowest BCUT2D eigenvalue weighted by Crippen LogP contribution is -2.49. The molecule has 1 fully saturated rings. The third-order valence-electron chi connectivity index (χ3n) is 5.30.